The molecule has 28 heavy (non-hydrogen) atoms. The van der Waals surface area contributed by atoms with Crippen molar-refractivity contribution in [3.63, 3.8) is 0 Å². The average molecular weight is 401 g/mol. The first-order valence-electron chi connectivity index (χ1n) is 9.60. The fourth-order valence-corrected chi connectivity index (χ4v) is 2.82. The lowest BCUT2D eigenvalue weighted by Crippen LogP contribution is -2.37. The van der Waals surface area contributed by atoms with Crippen molar-refractivity contribution in [2.75, 3.05) is 13.6 Å². The van der Waals surface area contributed by atoms with Crippen molar-refractivity contribution in [2.24, 2.45) is 4.99 Å². The van der Waals surface area contributed by atoms with Gasteiger partial charge in [0, 0.05) is 36.8 Å². The van der Waals surface area contributed by atoms with Crippen molar-refractivity contribution < 1.29 is 4.79 Å². The molecule has 3 N–H and O–H groups in total. The van der Waals surface area contributed by atoms with Gasteiger partial charge in [0.05, 0.1) is 0 Å². The zero-order chi connectivity index (χ0) is 20.4. The molecular weight excluding hydrogens is 372 g/mol. The van der Waals surface area contributed by atoms with E-state index in [9.17, 15) is 4.79 Å². The van der Waals surface area contributed by atoms with E-state index in [1.807, 2.05) is 49.4 Å². The summed E-state index contributed by atoms with van der Waals surface area (Å²) in [5.41, 5.74) is 2.94. The molecule has 150 valence electrons. The number of carbonyl (C=O) groups is 1. The summed E-state index contributed by atoms with van der Waals surface area (Å²) < 4.78 is 0. The Kier molecular flexibility index (Phi) is 8.82. The maximum absolute atomic E-state index is 12.1. The van der Waals surface area contributed by atoms with Crippen LogP contribution in [0.1, 0.15) is 41.8 Å². The summed E-state index contributed by atoms with van der Waals surface area (Å²) >= 11 is 6.01. The lowest BCUT2D eigenvalue weighted by molar-refractivity contribution is 0.0939. The quantitative estimate of drug-likeness (QED) is 0.466. The fourth-order valence-electron chi connectivity index (χ4n) is 2.61. The minimum Gasteiger partial charge on any atom is -0.356 e. The fraction of sp³-hybridized carbons (Fsp3) is 0.364. The first kappa shape index (κ1) is 21.8. The van der Waals surface area contributed by atoms with Crippen molar-refractivity contribution >= 4 is 23.5 Å². The van der Waals surface area contributed by atoms with Crippen LogP contribution >= 0.6 is 11.6 Å². The molecule has 0 aliphatic carbocycles. The zero-order valence-electron chi connectivity index (χ0n) is 16.8. The van der Waals surface area contributed by atoms with Gasteiger partial charge in [0.1, 0.15) is 0 Å². The number of hydrogen-bond acceptors (Lipinski definition) is 2. The summed E-state index contributed by atoms with van der Waals surface area (Å²) in [6, 6.07) is 15.6. The van der Waals surface area contributed by atoms with Crippen LogP contribution in [0.4, 0.5) is 0 Å². The standard InChI is InChI=1S/C22H29ClN4O/c1-4-16(2)27-21(28)19-10-8-18(9-11-19)15-26-22(24-3)25-13-12-17-6-5-7-20(23)14-17/h5-11,14,16H,4,12-13,15H2,1-3H3,(H,27,28)(H2,24,25,26). The summed E-state index contributed by atoms with van der Waals surface area (Å²) in [5.74, 6) is 0.702. The highest BCUT2D eigenvalue weighted by Gasteiger charge is 2.08. The van der Waals surface area contributed by atoms with Crippen LogP contribution in [0.2, 0.25) is 5.02 Å². The lowest BCUT2D eigenvalue weighted by atomic mass is 10.1. The van der Waals surface area contributed by atoms with Crippen LogP contribution in [0.5, 0.6) is 0 Å². The molecule has 6 heteroatoms. The number of guanidine groups is 1. The maximum atomic E-state index is 12.1. The van der Waals surface area contributed by atoms with Gasteiger partial charge in [0.15, 0.2) is 5.96 Å². The van der Waals surface area contributed by atoms with Gasteiger partial charge in [-0.3, -0.25) is 9.79 Å². The van der Waals surface area contributed by atoms with E-state index in [0.29, 0.717) is 12.1 Å². The Bertz CT molecular complexity index is 789. The number of amides is 1. The molecule has 0 aliphatic rings. The highest BCUT2D eigenvalue weighted by atomic mass is 35.5. The van der Waals surface area contributed by atoms with E-state index in [1.54, 1.807) is 7.05 Å². The van der Waals surface area contributed by atoms with Gasteiger partial charge < -0.3 is 16.0 Å². The van der Waals surface area contributed by atoms with Crippen LogP contribution in [0.25, 0.3) is 0 Å². The first-order valence-corrected chi connectivity index (χ1v) is 9.98. The number of nitrogens with one attached hydrogen (secondary N) is 3. The molecule has 1 unspecified atom stereocenters. The number of halogens is 1. The van der Waals surface area contributed by atoms with Crippen molar-refractivity contribution in [1.29, 1.82) is 0 Å². The van der Waals surface area contributed by atoms with Gasteiger partial charge >= 0.3 is 0 Å². The second-order valence-electron chi connectivity index (χ2n) is 6.71. The molecule has 2 aromatic rings. The molecule has 5 nitrogen and oxygen atoms in total. The van der Waals surface area contributed by atoms with E-state index in [0.717, 1.165) is 35.9 Å². The summed E-state index contributed by atoms with van der Waals surface area (Å²) in [5, 5.41) is 10.3. The van der Waals surface area contributed by atoms with E-state index < -0.39 is 0 Å². The summed E-state index contributed by atoms with van der Waals surface area (Å²) in [6.45, 7) is 5.44. The highest BCUT2D eigenvalue weighted by Crippen LogP contribution is 2.10. The van der Waals surface area contributed by atoms with E-state index in [4.69, 9.17) is 11.6 Å². The topological polar surface area (TPSA) is 65.5 Å². The molecule has 2 aromatic carbocycles. The third-order valence-electron chi connectivity index (χ3n) is 4.48. The van der Waals surface area contributed by atoms with Gasteiger partial charge in [-0.25, -0.2) is 0 Å². The molecule has 0 aromatic heterocycles. The number of carbonyl (C=O) groups excluding carboxylic acids is 1. The molecule has 0 fully saturated rings. The van der Waals surface area contributed by atoms with Gasteiger partial charge in [-0.2, -0.15) is 0 Å². The second-order valence-corrected chi connectivity index (χ2v) is 7.15. The number of rotatable bonds is 8. The van der Waals surface area contributed by atoms with E-state index in [1.165, 1.54) is 5.56 Å². The van der Waals surface area contributed by atoms with Crippen molar-refractivity contribution in [3.05, 3.63) is 70.2 Å². The van der Waals surface area contributed by atoms with Crippen LogP contribution in [-0.2, 0) is 13.0 Å². The summed E-state index contributed by atoms with van der Waals surface area (Å²) in [6.07, 6.45) is 1.78. The van der Waals surface area contributed by atoms with Gasteiger partial charge in [-0.1, -0.05) is 42.8 Å². The normalized spacial score (nSPS) is 12.4. The predicted molar refractivity (Wildman–Crippen MR) is 117 cm³/mol. The SMILES string of the molecule is CCC(C)NC(=O)c1ccc(CNC(=NC)NCCc2cccc(Cl)c2)cc1. The Hall–Kier alpha value is -2.53. The number of hydrogen-bond donors (Lipinski definition) is 3. The zero-order valence-corrected chi connectivity index (χ0v) is 17.5. The number of benzene rings is 2. The molecular formula is C22H29ClN4O. The first-order chi connectivity index (χ1) is 13.5. The third-order valence-corrected chi connectivity index (χ3v) is 4.72. The van der Waals surface area contributed by atoms with Gasteiger partial charge in [0.25, 0.3) is 5.91 Å². The predicted octanol–water partition coefficient (Wildman–Crippen LogP) is 3.78. The molecule has 0 bridgehead atoms. The Balaban J connectivity index is 1.78. The number of nitrogens with zero attached hydrogens (tertiary/aromatic N) is 1. The third kappa shape index (κ3) is 7.24. The molecule has 0 aliphatic heterocycles. The minimum absolute atomic E-state index is 0.0349. The molecule has 1 atom stereocenters. The van der Waals surface area contributed by atoms with Gasteiger partial charge in [-0.05, 0) is 55.2 Å². The average Bonchev–Trinajstić information content (AvgIpc) is 2.70. The van der Waals surface area contributed by atoms with E-state index in [-0.39, 0.29) is 11.9 Å². The minimum atomic E-state index is -0.0349. The molecule has 0 saturated carbocycles. The van der Waals surface area contributed by atoms with Crippen molar-refractivity contribution in [1.82, 2.24) is 16.0 Å². The van der Waals surface area contributed by atoms with Crippen LogP contribution in [0.3, 0.4) is 0 Å². The van der Waals surface area contributed by atoms with Gasteiger partial charge in [-0.15, -0.1) is 0 Å². The Morgan fingerprint density at radius 1 is 1.11 bits per heavy atom. The van der Waals surface area contributed by atoms with Crippen molar-refractivity contribution in [3.8, 4) is 0 Å². The monoisotopic (exact) mass is 400 g/mol. The number of aliphatic imine (C=N–C) groups is 1. The maximum Gasteiger partial charge on any atom is 0.251 e. The molecule has 0 spiro atoms. The van der Waals surface area contributed by atoms with Crippen molar-refractivity contribution in [2.45, 2.75) is 39.3 Å². The Morgan fingerprint density at radius 2 is 1.86 bits per heavy atom. The molecule has 2 rings (SSSR count). The Morgan fingerprint density at radius 3 is 2.50 bits per heavy atom. The Labute approximate surface area is 172 Å². The molecule has 1 amide bonds. The van der Waals surface area contributed by atoms with Crippen LogP contribution < -0.4 is 16.0 Å². The van der Waals surface area contributed by atoms with E-state index >= 15 is 0 Å². The highest BCUT2D eigenvalue weighted by molar-refractivity contribution is 6.30. The summed E-state index contributed by atoms with van der Waals surface area (Å²) in [7, 11) is 1.75. The van der Waals surface area contributed by atoms with Crippen LogP contribution in [0, 0.1) is 0 Å². The molecule has 0 saturated heterocycles. The smallest absolute Gasteiger partial charge is 0.251 e. The van der Waals surface area contributed by atoms with Crippen LogP contribution in [-0.4, -0.2) is 31.5 Å². The second kappa shape index (κ2) is 11.3. The summed E-state index contributed by atoms with van der Waals surface area (Å²) in [4.78, 5) is 16.4. The lowest BCUT2D eigenvalue weighted by Gasteiger charge is -2.13. The molecule has 0 radical (unpaired) electrons. The van der Waals surface area contributed by atoms with Gasteiger partial charge in [0.2, 0.25) is 0 Å². The molecule has 0 heterocycles. The van der Waals surface area contributed by atoms with E-state index in [2.05, 4.69) is 33.9 Å². The largest absolute Gasteiger partial charge is 0.356 e. The van der Waals surface area contributed by atoms with Crippen LogP contribution in [0.15, 0.2) is 53.5 Å².